The van der Waals surface area contributed by atoms with E-state index in [2.05, 4.69) is 4.98 Å². The number of aliphatic carboxylic acids is 1. The Balaban J connectivity index is 1.61. The van der Waals surface area contributed by atoms with Crippen molar-refractivity contribution in [1.29, 1.82) is 0 Å². The highest BCUT2D eigenvalue weighted by Crippen LogP contribution is 2.24. The van der Waals surface area contributed by atoms with E-state index in [0.717, 1.165) is 12.8 Å². The van der Waals surface area contributed by atoms with E-state index in [1.54, 1.807) is 43.4 Å². The minimum Gasteiger partial charge on any atom is -0.482 e. The molecule has 0 atom stereocenters. The van der Waals surface area contributed by atoms with Crippen LogP contribution in [0.15, 0.2) is 42.6 Å². The Bertz CT molecular complexity index is 783. The fourth-order valence-corrected chi connectivity index (χ4v) is 2.98. The van der Waals surface area contributed by atoms with Crippen molar-refractivity contribution in [1.82, 2.24) is 4.98 Å². The van der Waals surface area contributed by atoms with E-state index in [0.29, 0.717) is 22.9 Å². The smallest absolute Gasteiger partial charge is 0.341 e. The van der Waals surface area contributed by atoms with Crippen molar-refractivity contribution in [2.75, 3.05) is 18.6 Å². The number of hydrogen-bond donors (Lipinski definition) is 1. The van der Waals surface area contributed by atoms with Gasteiger partial charge in [-0.1, -0.05) is 0 Å². The number of benzene rings is 1. The molecule has 1 aromatic heterocycles. The summed E-state index contributed by atoms with van der Waals surface area (Å²) >= 11 is 0. The number of hydrogen-bond acceptors (Lipinski definition) is 5. The molecule has 1 aromatic carbocycles. The van der Waals surface area contributed by atoms with Gasteiger partial charge in [-0.3, -0.25) is 4.79 Å². The van der Waals surface area contributed by atoms with E-state index in [1.807, 2.05) is 0 Å². The molecular weight excluding hydrogens is 348 g/mol. The highest BCUT2D eigenvalue weighted by Gasteiger charge is 2.18. The first kappa shape index (κ1) is 18.7. The van der Waals surface area contributed by atoms with Crippen molar-refractivity contribution in [2.45, 2.75) is 31.8 Å². The number of carboxylic acid groups (broad SMARTS) is 1. The quantitative estimate of drug-likeness (QED) is 0.805. The number of carbonyl (C=O) groups excluding carboxylic acids is 1. The Morgan fingerprint density at radius 3 is 2.44 bits per heavy atom. The van der Waals surface area contributed by atoms with E-state index >= 15 is 0 Å². The lowest BCUT2D eigenvalue weighted by atomic mass is 10.2. The van der Waals surface area contributed by atoms with Crippen LogP contribution in [0.2, 0.25) is 0 Å². The van der Waals surface area contributed by atoms with Crippen molar-refractivity contribution in [3.63, 3.8) is 0 Å². The number of carbonyl (C=O) groups is 2. The van der Waals surface area contributed by atoms with Crippen molar-refractivity contribution < 1.29 is 24.2 Å². The fourth-order valence-electron chi connectivity index (χ4n) is 2.98. The van der Waals surface area contributed by atoms with Crippen LogP contribution in [-0.4, -0.2) is 41.7 Å². The second kappa shape index (κ2) is 8.53. The maximum absolute atomic E-state index is 12.6. The fraction of sp³-hybridized carbons (Fsp3) is 0.350. The molecule has 1 saturated carbocycles. The molecule has 0 radical (unpaired) electrons. The third-order valence-electron chi connectivity index (χ3n) is 4.46. The minimum absolute atomic E-state index is 0.200. The zero-order valence-electron chi connectivity index (χ0n) is 15.1. The molecule has 142 valence electrons. The Labute approximate surface area is 157 Å². The van der Waals surface area contributed by atoms with Gasteiger partial charge in [0.1, 0.15) is 11.9 Å². The normalized spacial score (nSPS) is 14.0. The average molecular weight is 370 g/mol. The van der Waals surface area contributed by atoms with Crippen molar-refractivity contribution in [3.05, 3.63) is 48.2 Å². The summed E-state index contributed by atoms with van der Waals surface area (Å²) in [5, 5.41) is 8.62. The molecule has 1 fully saturated rings. The number of anilines is 1. The summed E-state index contributed by atoms with van der Waals surface area (Å²) in [6.45, 7) is -0.408. The Morgan fingerprint density at radius 1 is 1.15 bits per heavy atom. The van der Waals surface area contributed by atoms with Gasteiger partial charge in [0.25, 0.3) is 5.91 Å². The molecule has 0 spiro atoms. The Morgan fingerprint density at radius 2 is 1.85 bits per heavy atom. The topological polar surface area (TPSA) is 89.0 Å². The standard InChI is InChI=1S/C20H22N2O5/c1-22(15-7-9-16(10-8-15)26-13-19(23)24)20(25)14-6-11-18(21-12-14)27-17-4-2-3-5-17/h6-12,17H,2-5,13H2,1H3,(H,23,24). The van der Waals surface area contributed by atoms with Crippen LogP contribution >= 0.6 is 0 Å². The highest BCUT2D eigenvalue weighted by molar-refractivity contribution is 6.05. The molecule has 0 saturated heterocycles. The van der Waals surface area contributed by atoms with E-state index in [9.17, 15) is 9.59 Å². The monoisotopic (exact) mass is 370 g/mol. The van der Waals surface area contributed by atoms with Crippen LogP contribution in [-0.2, 0) is 4.79 Å². The van der Waals surface area contributed by atoms with E-state index < -0.39 is 12.6 Å². The molecular formula is C20H22N2O5. The SMILES string of the molecule is CN(C(=O)c1ccc(OC2CCCC2)nc1)c1ccc(OCC(=O)O)cc1. The van der Waals surface area contributed by atoms with Crippen molar-refractivity contribution >= 4 is 17.6 Å². The van der Waals surface area contributed by atoms with Gasteiger partial charge in [-0.2, -0.15) is 0 Å². The van der Waals surface area contributed by atoms with Crippen LogP contribution in [0.5, 0.6) is 11.6 Å². The number of ether oxygens (including phenoxy) is 2. The Kier molecular flexibility index (Phi) is 5.90. The van der Waals surface area contributed by atoms with Gasteiger partial charge in [-0.15, -0.1) is 0 Å². The molecule has 1 heterocycles. The van der Waals surface area contributed by atoms with Crippen molar-refractivity contribution in [3.8, 4) is 11.6 Å². The molecule has 1 N–H and O–H groups in total. The van der Waals surface area contributed by atoms with Gasteiger partial charge in [0.05, 0.1) is 5.56 Å². The zero-order chi connectivity index (χ0) is 19.2. The number of rotatable bonds is 7. The first-order valence-electron chi connectivity index (χ1n) is 8.88. The first-order valence-corrected chi connectivity index (χ1v) is 8.88. The predicted octanol–water partition coefficient (Wildman–Crippen LogP) is 3.14. The van der Waals surface area contributed by atoms with Gasteiger partial charge < -0.3 is 19.5 Å². The van der Waals surface area contributed by atoms with Crippen LogP contribution < -0.4 is 14.4 Å². The molecule has 0 aliphatic heterocycles. The summed E-state index contributed by atoms with van der Waals surface area (Å²) in [6.07, 6.45) is 6.23. The lowest BCUT2D eigenvalue weighted by molar-refractivity contribution is -0.139. The Hall–Kier alpha value is -3.09. The third kappa shape index (κ3) is 4.97. The molecule has 2 aromatic rings. The summed E-state index contributed by atoms with van der Waals surface area (Å²) in [5.74, 6) is -0.272. The van der Waals surface area contributed by atoms with Crippen LogP contribution in [0, 0.1) is 0 Å². The van der Waals surface area contributed by atoms with Crippen LogP contribution in [0.3, 0.4) is 0 Å². The lowest BCUT2D eigenvalue weighted by Gasteiger charge is -2.18. The molecule has 7 heteroatoms. The van der Waals surface area contributed by atoms with Gasteiger partial charge in [-0.25, -0.2) is 9.78 Å². The summed E-state index contributed by atoms with van der Waals surface area (Å²) in [7, 11) is 1.67. The van der Waals surface area contributed by atoms with E-state index in [-0.39, 0.29) is 12.0 Å². The molecule has 1 aliphatic rings. The minimum atomic E-state index is -1.04. The molecule has 3 rings (SSSR count). The molecule has 27 heavy (non-hydrogen) atoms. The molecule has 7 nitrogen and oxygen atoms in total. The second-order valence-electron chi connectivity index (χ2n) is 6.45. The lowest BCUT2D eigenvalue weighted by Crippen LogP contribution is -2.26. The van der Waals surface area contributed by atoms with E-state index in [4.69, 9.17) is 14.6 Å². The first-order chi connectivity index (χ1) is 13.0. The summed E-state index contributed by atoms with van der Waals surface area (Å²) < 4.78 is 10.9. The summed E-state index contributed by atoms with van der Waals surface area (Å²) in [6, 6.07) is 10.1. The highest BCUT2D eigenvalue weighted by atomic mass is 16.5. The zero-order valence-corrected chi connectivity index (χ0v) is 15.1. The molecule has 0 unspecified atom stereocenters. The number of carboxylic acids is 1. The molecule has 1 amide bonds. The second-order valence-corrected chi connectivity index (χ2v) is 6.45. The third-order valence-corrected chi connectivity index (χ3v) is 4.46. The van der Waals surface area contributed by atoms with Gasteiger partial charge in [0, 0.05) is 25.0 Å². The van der Waals surface area contributed by atoms with Gasteiger partial charge in [0.15, 0.2) is 6.61 Å². The largest absolute Gasteiger partial charge is 0.482 e. The van der Waals surface area contributed by atoms with Gasteiger partial charge in [0.2, 0.25) is 5.88 Å². The van der Waals surface area contributed by atoms with Gasteiger partial charge in [-0.05, 0) is 56.0 Å². The van der Waals surface area contributed by atoms with Crippen molar-refractivity contribution in [2.24, 2.45) is 0 Å². The van der Waals surface area contributed by atoms with E-state index in [1.165, 1.54) is 23.9 Å². The van der Waals surface area contributed by atoms with Crippen LogP contribution in [0.25, 0.3) is 0 Å². The summed E-state index contributed by atoms with van der Waals surface area (Å²) in [5.41, 5.74) is 1.12. The summed E-state index contributed by atoms with van der Waals surface area (Å²) in [4.78, 5) is 28.9. The van der Waals surface area contributed by atoms with Crippen LogP contribution in [0.1, 0.15) is 36.0 Å². The maximum atomic E-state index is 12.6. The van der Waals surface area contributed by atoms with Gasteiger partial charge >= 0.3 is 5.97 Å². The molecule has 0 bridgehead atoms. The number of aromatic nitrogens is 1. The predicted molar refractivity (Wildman–Crippen MR) is 99.4 cm³/mol. The maximum Gasteiger partial charge on any atom is 0.341 e. The number of amides is 1. The number of pyridine rings is 1. The molecule has 1 aliphatic carbocycles. The average Bonchev–Trinajstić information content (AvgIpc) is 3.19. The van der Waals surface area contributed by atoms with Crippen LogP contribution in [0.4, 0.5) is 5.69 Å². The number of nitrogens with zero attached hydrogens (tertiary/aromatic N) is 2.